The molecule has 1 aromatic heterocycles. The number of ether oxygens (including phenoxy) is 1. The van der Waals surface area contributed by atoms with Gasteiger partial charge < -0.3 is 10.1 Å². The summed E-state index contributed by atoms with van der Waals surface area (Å²) in [4.78, 5) is 4.42. The van der Waals surface area contributed by atoms with Crippen LogP contribution in [0, 0.1) is 3.57 Å². The Hall–Kier alpha value is -0.590. The smallest absolute Gasteiger partial charge is 0.159 e. The first-order valence-electron chi connectivity index (χ1n) is 6.25. The average Bonchev–Trinajstić information content (AvgIpc) is 2.36. The number of nitrogens with zero attached hydrogens (tertiary/aromatic N) is 1. The quantitative estimate of drug-likeness (QED) is 0.816. The third-order valence-corrected chi connectivity index (χ3v) is 4.65. The molecule has 1 aliphatic rings. The summed E-state index contributed by atoms with van der Waals surface area (Å²) in [5.74, 6) is 0.861. The molecule has 1 heterocycles. The van der Waals surface area contributed by atoms with Crippen molar-refractivity contribution in [3.8, 4) is 5.75 Å². The highest BCUT2D eigenvalue weighted by Crippen LogP contribution is 2.37. The summed E-state index contributed by atoms with van der Waals surface area (Å²) < 4.78 is 7.13. The van der Waals surface area contributed by atoms with E-state index in [0.717, 1.165) is 38.1 Å². The summed E-state index contributed by atoms with van der Waals surface area (Å²) in [6.07, 6.45) is 4.14. The second-order valence-corrected chi connectivity index (χ2v) is 6.34. The van der Waals surface area contributed by atoms with E-state index in [9.17, 15) is 0 Å². The Morgan fingerprint density at radius 2 is 2.26 bits per heavy atom. The molecule has 19 heavy (non-hydrogen) atoms. The van der Waals surface area contributed by atoms with Gasteiger partial charge in [-0.25, -0.2) is 0 Å². The maximum absolute atomic E-state index is 6.25. The van der Waals surface area contributed by atoms with Gasteiger partial charge in [-0.15, -0.1) is 0 Å². The lowest BCUT2D eigenvalue weighted by Gasteiger charge is -2.35. The van der Waals surface area contributed by atoms with Gasteiger partial charge in [0, 0.05) is 17.6 Å². The Morgan fingerprint density at radius 1 is 1.47 bits per heavy atom. The van der Waals surface area contributed by atoms with E-state index >= 15 is 0 Å². The minimum absolute atomic E-state index is 0.275. The Morgan fingerprint density at radius 3 is 3.00 bits per heavy atom. The van der Waals surface area contributed by atoms with Crippen LogP contribution >= 0.6 is 34.2 Å². The van der Waals surface area contributed by atoms with Gasteiger partial charge in [-0.1, -0.05) is 11.6 Å². The summed E-state index contributed by atoms with van der Waals surface area (Å²) in [5, 5.41) is 4.93. The maximum Gasteiger partial charge on any atom is 0.159 e. The zero-order chi connectivity index (χ0) is 13.4. The van der Waals surface area contributed by atoms with E-state index in [1.807, 2.05) is 25.2 Å². The van der Waals surface area contributed by atoms with Gasteiger partial charge >= 0.3 is 0 Å². The molecule has 5 heteroatoms. The first-order chi connectivity index (χ1) is 9.19. The predicted octanol–water partition coefficient (Wildman–Crippen LogP) is 3.62. The topological polar surface area (TPSA) is 34.1 Å². The highest BCUT2D eigenvalue weighted by molar-refractivity contribution is 14.1. The van der Waals surface area contributed by atoms with E-state index < -0.39 is 0 Å². The van der Waals surface area contributed by atoms with E-state index in [4.69, 9.17) is 16.3 Å². The van der Waals surface area contributed by atoms with Gasteiger partial charge in [0.05, 0.1) is 8.59 Å². The normalized spacial score (nSPS) is 22.3. The number of nitrogens with one attached hydrogen (secondary N) is 1. The molecule has 0 atom stereocenters. The van der Waals surface area contributed by atoms with Crippen molar-refractivity contribution in [3.63, 3.8) is 0 Å². The molecule has 0 amide bonds. The molecule has 0 bridgehead atoms. The minimum atomic E-state index is 0.275. The van der Waals surface area contributed by atoms with Crippen molar-refractivity contribution < 1.29 is 4.74 Å². The van der Waals surface area contributed by atoms with Crippen molar-refractivity contribution in [3.05, 3.63) is 33.0 Å². The molecule has 0 unspecified atom stereocenters. The van der Waals surface area contributed by atoms with Gasteiger partial charge in [-0.2, -0.15) is 0 Å². The fourth-order valence-electron chi connectivity index (χ4n) is 2.32. The molecule has 1 aromatic carbocycles. The monoisotopic (exact) mass is 388 g/mol. The third kappa shape index (κ3) is 2.53. The number of halogens is 2. The Kier molecular flexibility index (Phi) is 3.82. The second kappa shape index (κ2) is 5.42. The molecule has 100 valence electrons. The van der Waals surface area contributed by atoms with Crippen LogP contribution in [0.1, 0.15) is 12.8 Å². The molecule has 0 radical (unpaired) electrons. The molecule has 0 saturated heterocycles. The summed E-state index contributed by atoms with van der Waals surface area (Å²) in [6.45, 7) is 0. The van der Waals surface area contributed by atoms with Gasteiger partial charge in [0.25, 0.3) is 0 Å². The van der Waals surface area contributed by atoms with Crippen LogP contribution in [0.25, 0.3) is 10.9 Å². The van der Waals surface area contributed by atoms with Crippen molar-refractivity contribution in [2.75, 3.05) is 7.05 Å². The number of aromatic nitrogens is 1. The van der Waals surface area contributed by atoms with Gasteiger partial charge in [0.1, 0.15) is 11.6 Å². The van der Waals surface area contributed by atoms with Gasteiger partial charge in [0.15, 0.2) is 5.75 Å². The second-order valence-electron chi connectivity index (χ2n) is 4.77. The summed E-state index contributed by atoms with van der Waals surface area (Å²) in [6, 6.07) is 6.39. The highest BCUT2D eigenvalue weighted by atomic mass is 127. The Labute approximate surface area is 130 Å². The van der Waals surface area contributed by atoms with E-state index in [-0.39, 0.29) is 6.10 Å². The van der Waals surface area contributed by atoms with Crippen LogP contribution in [0.3, 0.4) is 0 Å². The molecular formula is C14H14ClIN2O. The number of rotatable bonds is 3. The molecule has 1 N–H and O–H groups in total. The molecular weight excluding hydrogens is 375 g/mol. The number of hydrogen-bond donors (Lipinski definition) is 1. The molecule has 1 fully saturated rings. The fraction of sp³-hybridized carbons (Fsp3) is 0.357. The van der Waals surface area contributed by atoms with Crippen LogP contribution < -0.4 is 10.1 Å². The number of fused-ring (bicyclic) bond motifs is 1. The summed E-state index contributed by atoms with van der Waals surface area (Å²) >= 11 is 8.51. The lowest BCUT2D eigenvalue weighted by molar-refractivity contribution is 0.0890. The summed E-state index contributed by atoms with van der Waals surface area (Å²) in [7, 11) is 1.99. The van der Waals surface area contributed by atoms with Crippen molar-refractivity contribution in [1.82, 2.24) is 10.3 Å². The van der Waals surface area contributed by atoms with Crippen LogP contribution in [0.4, 0.5) is 0 Å². The molecule has 3 rings (SSSR count). The van der Waals surface area contributed by atoms with Crippen molar-refractivity contribution in [2.45, 2.75) is 25.0 Å². The first-order valence-corrected chi connectivity index (χ1v) is 7.71. The van der Waals surface area contributed by atoms with Gasteiger partial charge in [-0.05, 0) is 60.7 Å². The average molecular weight is 389 g/mol. The lowest BCUT2D eigenvalue weighted by atomic mass is 9.89. The maximum atomic E-state index is 6.25. The molecule has 3 nitrogen and oxygen atoms in total. The number of benzene rings is 1. The van der Waals surface area contributed by atoms with E-state index in [2.05, 4.69) is 32.9 Å². The molecule has 0 spiro atoms. The van der Waals surface area contributed by atoms with Crippen LogP contribution in [-0.4, -0.2) is 24.2 Å². The Balaban J connectivity index is 1.94. The lowest BCUT2D eigenvalue weighted by Crippen LogP contribution is -2.45. The molecule has 0 aliphatic heterocycles. The van der Waals surface area contributed by atoms with Crippen LogP contribution in [0.2, 0.25) is 5.02 Å². The molecule has 2 aromatic rings. The first kappa shape index (κ1) is 13.4. The van der Waals surface area contributed by atoms with Gasteiger partial charge in [-0.3, -0.25) is 4.98 Å². The third-order valence-electron chi connectivity index (χ3n) is 3.54. The van der Waals surface area contributed by atoms with Crippen LogP contribution in [0.5, 0.6) is 5.75 Å². The van der Waals surface area contributed by atoms with E-state index in [1.54, 1.807) is 6.20 Å². The SMILES string of the molecule is CNC1CC(Oc2c(I)cc(Cl)c3cccnc23)C1. The highest BCUT2D eigenvalue weighted by Gasteiger charge is 2.30. The predicted molar refractivity (Wildman–Crippen MR) is 86.0 cm³/mol. The minimum Gasteiger partial charge on any atom is -0.487 e. The van der Waals surface area contributed by atoms with Crippen LogP contribution in [0.15, 0.2) is 24.4 Å². The van der Waals surface area contributed by atoms with Crippen molar-refractivity contribution in [2.24, 2.45) is 0 Å². The largest absolute Gasteiger partial charge is 0.487 e. The standard InChI is InChI=1S/C14H14ClIN2O/c1-17-8-5-9(6-8)19-14-12(16)7-11(15)10-3-2-4-18-13(10)14/h2-4,7-9,17H,5-6H2,1H3. The zero-order valence-electron chi connectivity index (χ0n) is 10.5. The van der Waals surface area contributed by atoms with Crippen LogP contribution in [-0.2, 0) is 0 Å². The molecule has 1 aliphatic carbocycles. The van der Waals surface area contributed by atoms with E-state index in [1.165, 1.54) is 0 Å². The van der Waals surface area contributed by atoms with Crippen molar-refractivity contribution >= 4 is 45.1 Å². The fourth-order valence-corrected chi connectivity index (χ4v) is 3.46. The summed E-state index contributed by atoms with van der Waals surface area (Å²) in [5.41, 5.74) is 0.854. The van der Waals surface area contributed by atoms with E-state index in [0.29, 0.717) is 6.04 Å². The van der Waals surface area contributed by atoms with Gasteiger partial charge in [0.2, 0.25) is 0 Å². The number of hydrogen-bond acceptors (Lipinski definition) is 3. The molecule has 1 saturated carbocycles. The number of pyridine rings is 1. The zero-order valence-corrected chi connectivity index (χ0v) is 13.4. The Bertz CT molecular complexity index is 614. The van der Waals surface area contributed by atoms with Crippen molar-refractivity contribution in [1.29, 1.82) is 0 Å².